The smallest absolute Gasteiger partial charge is 0.218 e. The van der Waals surface area contributed by atoms with E-state index in [0.717, 1.165) is 11.3 Å². The monoisotopic (exact) mass is 262 g/mol. The van der Waals surface area contributed by atoms with Gasteiger partial charge in [0.25, 0.3) is 0 Å². The molecule has 0 fully saturated rings. The molecule has 1 aromatic carbocycles. The maximum atomic E-state index is 6.13. The van der Waals surface area contributed by atoms with Crippen molar-refractivity contribution in [3.05, 3.63) is 52.7 Å². The number of nitrogens with zero attached hydrogens (tertiary/aromatic N) is 1. The summed E-state index contributed by atoms with van der Waals surface area (Å²) in [6.07, 6.45) is 1.71. The van der Waals surface area contributed by atoms with E-state index in [4.69, 9.17) is 16.3 Å². The number of ether oxygens (including phenoxy) is 1. The number of nitrogens with one attached hydrogen (secondary N) is 1. The largest absolute Gasteiger partial charge is 0.481 e. The molecule has 0 bridgehead atoms. The van der Waals surface area contributed by atoms with Crippen LogP contribution in [0.1, 0.15) is 11.1 Å². The molecule has 1 aromatic heterocycles. The van der Waals surface area contributed by atoms with Crippen molar-refractivity contribution >= 4 is 17.3 Å². The molecule has 2 rings (SSSR count). The van der Waals surface area contributed by atoms with Crippen molar-refractivity contribution in [2.24, 2.45) is 0 Å². The van der Waals surface area contributed by atoms with Crippen LogP contribution in [0.2, 0.25) is 5.02 Å². The zero-order chi connectivity index (χ0) is 13.0. The molecule has 0 aliphatic heterocycles. The minimum Gasteiger partial charge on any atom is -0.481 e. The summed E-state index contributed by atoms with van der Waals surface area (Å²) in [4.78, 5) is 4.15. The van der Waals surface area contributed by atoms with Gasteiger partial charge in [0.15, 0.2) is 0 Å². The predicted molar refractivity (Wildman–Crippen MR) is 74.3 cm³/mol. The summed E-state index contributed by atoms with van der Waals surface area (Å²) in [5, 5.41) is 4.00. The van der Waals surface area contributed by atoms with Crippen LogP contribution in [0.25, 0.3) is 0 Å². The number of aromatic nitrogens is 1. The highest BCUT2D eigenvalue weighted by molar-refractivity contribution is 6.33. The molecular formula is C14H15ClN2O. The molecular weight excluding hydrogens is 248 g/mol. The first-order valence-electron chi connectivity index (χ1n) is 5.68. The lowest BCUT2D eigenvalue weighted by Crippen LogP contribution is -2.03. The quantitative estimate of drug-likeness (QED) is 0.913. The Morgan fingerprint density at radius 1 is 1.33 bits per heavy atom. The van der Waals surface area contributed by atoms with Gasteiger partial charge in [0.05, 0.1) is 17.8 Å². The molecule has 0 aliphatic rings. The van der Waals surface area contributed by atoms with Gasteiger partial charge < -0.3 is 10.1 Å². The number of anilines is 1. The summed E-state index contributed by atoms with van der Waals surface area (Å²) >= 11 is 6.13. The lowest BCUT2D eigenvalue weighted by Gasteiger charge is -2.11. The van der Waals surface area contributed by atoms with Crippen molar-refractivity contribution in [2.45, 2.75) is 13.5 Å². The molecule has 0 unspecified atom stereocenters. The highest BCUT2D eigenvalue weighted by Crippen LogP contribution is 2.24. The number of methoxy groups -OCH3 is 1. The van der Waals surface area contributed by atoms with Crippen LogP contribution in [0.5, 0.6) is 5.88 Å². The Bertz CT molecular complexity index is 543. The first-order valence-corrected chi connectivity index (χ1v) is 6.06. The van der Waals surface area contributed by atoms with Crippen molar-refractivity contribution in [3.63, 3.8) is 0 Å². The first kappa shape index (κ1) is 12.7. The first-order chi connectivity index (χ1) is 8.70. The maximum absolute atomic E-state index is 6.13. The number of aryl methyl sites for hydroxylation is 1. The van der Waals surface area contributed by atoms with E-state index >= 15 is 0 Å². The summed E-state index contributed by atoms with van der Waals surface area (Å²) in [7, 11) is 1.62. The van der Waals surface area contributed by atoms with Crippen molar-refractivity contribution in [1.29, 1.82) is 0 Å². The van der Waals surface area contributed by atoms with E-state index < -0.39 is 0 Å². The second-order valence-electron chi connectivity index (χ2n) is 4.01. The van der Waals surface area contributed by atoms with E-state index in [1.807, 2.05) is 37.3 Å². The van der Waals surface area contributed by atoms with Crippen molar-refractivity contribution < 1.29 is 4.74 Å². The minimum absolute atomic E-state index is 0.625. The molecule has 1 heterocycles. The van der Waals surface area contributed by atoms with E-state index in [1.54, 1.807) is 13.3 Å². The lowest BCUT2D eigenvalue weighted by atomic mass is 10.2. The molecule has 94 valence electrons. The van der Waals surface area contributed by atoms with Crippen LogP contribution in [-0.2, 0) is 6.54 Å². The highest BCUT2D eigenvalue weighted by Gasteiger charge is 2.04. The van der Waals surface area contributed by atoms with E-state index in [0.29, 0.717) is 17.4 Å². The Kier molecular flexibility index (Phi) is 4.05. The van der Waals surface area contributed by atoms with E-state index in [-0.39, 0.29) is 0 Å². The van der Waals surface area contributed by atoms with Crippen molar-refractivity contribution in [1.82, 2.24) is 4.98 Å². The Labute approximate surface area is 112 Å². The van der Waals surface area contributed by atoms with Gasteiger partial charge in [-0.15, -0.1) is 0 Å². The van der Waals surface area contributed by atoms with Gasteiger partial charge in [-0.05, 0) is 30.7 Å². The van der Waals surface area contributed by atoms with Crippen LogP contribution in [0.4, 0.5) is 5.69 Å². The van der Waals surface area contributed by atoms with Gasteiger partial charge in [-0.25, -0.2) is 4.98 Å². The van der Waals surface area contributed by atoms with Gasteiger partial charge in [-0.2, -0.15) is 0 Å². The van der Waals surface area contributed by atoms with Gasteiger partial charge in [-0.3, -0.25) is 0 Å². The summed E-state index contributed by atoms with van der Waals surface area (Å²) in [5.74, 6) is 0.633. The minimum atomic E-state index is 0.625. The van der Waals surface area contributed by atoms with Crippen molar-refractivity contribution in [2.75, 3.05) is 12.4 Å². The van der Waals surface area contributed by atoms with Crippen LogP contribution < -0.4 is 10.1 Å². The van der Waals surface area contributed by atoms with Crippen LogP contribution in [-0.4, -0.2) is 12.1 Å². The highest BCUT2D eigenvalue weighted by atomic mass is 35.5. The maximum Gasteiger partial charge on any atom is 0.218 e. The van der Waals surface area contributed by atoms with E-state index in [2.05, 4.69) is 10.3 Å². The molecule has 2 aromatic rings. The molecule has 0 saturated heterocycles. The molecule has 4 heteroatoms. The number of benzene rings is 1. The third-order valence-electron chi connectivity index (χ3n) is 2.63. The zero-order valence-electron chi connectivity index (χ0n) is 10.4. The summed E-state index contributed by atoms with van der Waals surface area (Å²) in [6, 6.07) is 9.75. The number of halogens is 1. The molecule has 18 heavy (non-hydrogen) atoms. The Balaban J connectivity index is 2.14. The average molecular weight is 263 g/mol. The third-order valence-corrected chi connectivity index (χ3v) is 2.96. The second-order valence-corrected chi connectivity index (χ2v) is 4.42. The van der Waals surface area contributed by atoms with Crippen LogP contribution in [0.3, 0.4) is 0 Å². The normalized spacial score (nSPS) is 10.2. The number of pyridine rings is 1. The second kappa shape index (κ2) is 5.74. The summed E-state index contributed by atoms with van der Waals surface area (Å²) in [5.41, 5.74) is 3.08. The van der Waals surface area contributed by atoms with Gasteiger partial charge >= 0.3 is 0 Å². The molecule has 1 N–H and O–H groups in total. The average Bonchev–Trinajstić information content (AvgIpc) is 2.40. The van der Waals surface area contributed by atoms with Crippen LogP contribution in [0, 0.1) is 6.92 Å². The predicted octanol–water partition coefficient (Wildman–Crippen LogP) is 3.66. The SMILES string of the molecule is COc1ncccc1CNc1cc(C)ccc1Cl. The number of hydrogen-bond donors (Lipinski definition) is 1. The molecule has 0 amide bonds. The molecule has 3 nitrogen and oxygen atoms in total. The number of hydrogen-bond acceptors (Lipinski definition) is 3. The standard InChI is InChI=1S/C14H15ClN2O/c1-10-5-6-12(15)13(8-10)17-9-11-4-3-7-16-14(11)18-2/h3-8,17H,9H2,1-2H3. The fourth-order valence-electron chi connectivity index (χ4n) is 1.71. The molecule has 0 radical (unpaired) electrons. The Hall–Kier alpha value is -1.74. The molecule has 0 saturated carbocycles. The molecule has 0 aliphatic carbocycles. The summed E-state index contributed by atoms with van der Waals surface area (Å²) < 4.78 is 5.20. The fourth-order valence-corrected chi connectivity index (χ4v) is 1.89. The van der Waals surface area contributed by atoms with E-state index in [9.17, 15) is 0 Å². The van der Waals surface area contributed by atoms with Crippen LogP contribution in [0.15, 0.2) is 36.5 Å². The summed E-state index contributed by atoms with van der Waals surface area (Å²) in [6.45, 7) is 2.66. The van der Waals surface area contributed by atoms with Crippen molar-refractivity contribution in [3.8, 4) is 5.88 Å². The van der Waals surface area contributed by atoms with Gasteiger partial charge in [-0.1, -0.05) is 23.7 Å². The zero-order valence-corrected chi connectivity index (χ0v) is 11.2. The fraction of sp³-hybridized carbons (Fsp3) is 0.214. The van der Waals surface area contributed by atoms with Gasteiger partial charge in [0.1, 0.15) is 0 Å². The Morgan fingerprint density at radius 3 is 2.94 bits per heavy atom. The van der Waals surface area contributed by atoms with Crippen LogP contribution >= 0.6 is 11.6 Å². The lowest BCUT2D eigenvalue weighted by molar-refractivity contribution is 0.393. The third kappa shape index (κ3) is 2.93. The number of rotatable bonds is 4. The Morgan fingerprint density at radius 2 is 2.17 bits per heavy atom. The van der Waals surface area contributed by atoms with Gasteiger partial charge in [0.2, 0.25) is 5.88 Å². The molecule has 0 atom stereocenters. The van der Waals surface area contributed by atoms with E-state index in [1.165, 1.54) is 5.56 Å². The van der Waals surface area contributed by atoms with Gasteiger partial charge in [0, 0.05) is 18.3 Å². The molecule has 0 spiro atoms. The topological polar surface area (TPSA) is 34.1 Å².